The third-order valence-electron chi connectivity index (χ3n) is 1.88. The summed E-state index contributed by atoms with van der Waals surface area (Å²) in [6, 6.07) is 0. The molecule has 1 saturated heterocycles. The normalized spacial score (nSPS) is 24.0. The van der Waals surface area contributed by atoms with Gasteiger partial charge in [-0.3, -0.25) is 4.79 Å². The molecule has 0 spiro atoms. The number of thiocarbonyl (C=S) groups is 1. The van der Waals surface area contributed by atoms with Crippen LogP contribution in [0.4, 0.5) is 0 Å². The predicted octanol–water partition coefficient (Wildman–Crippen LogP) is 0.438. The molecule has 1 fully saturated rings. The number of carbonyl (C=O) groups excluding carboxylic acids is 1. The second kappa shape index (κ2) is 3.17. The van der Waals surface area contributed by atoms with E-state index >= 15 is 0 Å². The lowest BCUT2D eigenvalue weighted by atomic mass is 10.1. The van der Waals surface area contributed by atoms with Crippen LogP contribution in [0.3, 0.4) is 0 Å². The van der Waals surface area contributed by atoms with Gasteiger partial charge in [0.15, 0.2) is 0 Å². The van der Waals surface area contributed by atoms with Crippen molar-refractivity contribution in [2.75, 3.05) is 20.7 Å². The number of rotatable bonds is 1. The molecule has 3 nitrogen and oxygen atoms in total. The molecule has 0 amide bonds. The van der Waals surface area contributed by atoms with Gasteiger partial charge in [-0.25, -0.2) is 0 Å². The van der Waals surface area contributed by atoms with Crippen molar-refractivity contribution in [2.24, 2.45) is 5.92 Å². The van der Waals surface area contributed by atoms with Gasteiger partial charge in [-0.2, -0.15) is 0 Å². The van der Waals surface area contributed by atoms with Gasteiger partial charge in [0.05, 0.1) is 18.0 Å². The first kappa shape index (κ1) is 8.46. The van der Waals surface area contributed by atoms with Gasteiger partial charge in [0, 0.05) is 20.0 Å². The highest BCUT2D eigenvalue weighted by atomic mass is 32.1. The van der Waals surface area contributed by atoms with Crippen molar-refractivity contribution in [3.63, 3.8) is 0 Å². The summed E-state index contributed by atoms with van der Waals surface area (Å²) in [4.78, 5) is 13.8. The molecule has 11 heavy (non-hydrogen) atoms. The van der Waals surface area contributed by atoms with E-state index < -0.39 is 0 Å². The summed E-state index contributed by atoms with van der Waals surface area (Å²) in [5, 5.41) is 0. The van der Waals surface area contributed by atoms with Crippen LogP contribution >= 0.6 is 12.2 Å². The SMILES string of the molecule is COC(=O)C1CC(=S)N(C)C1. The highest BCUT2D eigenvalue weighted by Gasteiger charge is 2.29. The van der Waals surface area contributed by atoms with Crippen molar-refractivity contribution in [1.29, 1.82) is 0 Å². The average molecular weight is 173 g/mol. The Balaban J connectivity index is 2.53. The van der Waals surface area contributed by atoms with Crippen molar-refractivity contribution >= 4 is 23.2 Å². The van der Waals surface area contributed by atoms with Crippen molar-refractivity contribution in [2.45, 2.75) is 6.42 Å². The van der Waals surface area contributed by atoms with E-state index in [9.17, 15) is 4.79 Å². The molecule has 1 unspecified atom stereocenters. The highest BCUT2D eigenvalue weighted by molar-refractivity contribution is 7.80. The van der Waals surface area contributed by atoms with Crippen LogP contribution in [0.15, 0.2) is 0 Å². The summed E-state index contributed by atoms with van der Waals surface area (Å²) in [6.45, 7) is 0.700. The highest BCUT2D eigenvalue weighted by Crippen LogP contribution is 2.18. The molecule has 4 heteroatoms. The number of esters is 1. The van der Waals surface area contributed by atoms with E-state index in [0.29, 0.717) is 13.0 Å². The minimum Gasteiger partial charge on any atom is -0.469 e. The van der Waals surface area contributed by atoms with Gasteiger partial charge in [0.1, 0.15) is 0 Å². The van der Waals surface area contributed by atoms with E-state index in [4.69, 9.17) is 12.2 Å². The van der Waals surface area contributed by atoms with Crippen molar-refractivity contribution in [3.8, 4) is 0 Å². The van der Waals surface area contributed by atoms with Crippen LogP contribution in [0.25, 0.3) is 0 Å². The Hall–Kier alpha value is -0.640. The van der Waals surface area contributed by atoms with Gasteiger partial charge in [0.2, 0.25) is 0 Å². The summed E-state index contributed by atoms with van der Waals surface area (Å²) in [5.74, 6) is -0.200. The lowest BCUT2D eigenvalue weighted by Crippen LogP contribution is -2.21. The molecule has 0 N–H and O–H groups in total. The van der Waals surface area contributed by atoms with Crippen LogP contribution in [0.5, 0.6) is 0 Å². The largest absolute Gasteiger partial charge is 0.469 e. The van der Waals surface area contributed by atoms with Crippen LogP contribution in [-0.2, 0) is 9.53 Å². The van der Waals surface area contributed by atoms with E-state index in [1.165, 1.54) is 7.11 Å². The number of nitrogens with zero attached hydrogens (tertiary/aromatic N) is 1. The van der Waals surface area contributed by atoms with E-state index in [0.717, 1.165) is 4.99 Å². The first-order valence-corrected chi connectivity index (χ1v) is 3.87. The lowest BCUT2D eigenvalue weighted by molar-refractivity contribution is -0.144. The Labute approximate surface area is 71.3 Å². The number of carbonyl (C=O) groups is 1. The zero-order valence-electron chi connectivity index (χ0n) is 6.66. The minimum absolute atomic E-state index is 0.0440. The zero-order chi connectivity index (χ0) is 8.43. The Bertz CT molecular complexity index is 193. The second-order valence-corrected chi connectivity index (χ2v) is 3.17. The monoisotopic (exact) mass is 173 g/mol. The molecule has 0 radical (unpaired) electrons. The molecule has 0 aromatic carbocycles. The maximum absolute atomic E-state index is 11.0. The van der Waals surface area contributed by atoms with E-state index in [-0.39, 0.29) is 11.9 Å². The molecule has 1 heterocycles. The van der Waals surface area contributed by atoms with Gasteiger partial charge in [-0.1, -0.05) is 12.2 Å². The van der Waals surface area contributed by atoms with Gasteiger partial charge in [0.25, 0.3) is 0 Å². The Kier molecular flexibility index (Phi) is 2.44. The second-order valence-electron chi connectivity index (χ2n) is 2.70. The summed E-state index contributed by atoms with van der Waals surface area (Å²) in [5.41, 5.74) is 0. The van der Waals surface area contributed by atoms with Crippen LogP contribution in [0, 0.1) is 5.92 Å². The van der Waals surface area contributed by atoms with Crippen LogP contribution in [0.1, 0.15) is 6.42 Å². The third-order valence-corrected chi connectivity index (χ3v) is 2.35. The van der Waals surface area contributed by atoms with E-state index in [1.54, 1.807) is 0 Å². The van der Waals surface area contributed by atoms with Crippen LogP contribution < -0.4 is 0 Å². The van der Waals surface area contributed by atoms with Crippen LogP contribution in [-0.4, -0.2) is 36.6 Å². The molecule has 1 aliphatic rings. The summed E-state index contributed by atoms with van der Waals surface area (Å²) in [7, 11) is 3.30. The Morgan fingerprint density at radius 3 is 2.82 bits per heavy atom. The Morgan fingerprint density at radius 2 is 2.45 bits per heavy atom. The predicted molar refractivity (Wildman–Crippen MR) is 45.4 cm³/mol. The number of methoxy groups -OCH3 is 1. The fourth-order valence-corrected chi connectivity index (χ4v) is 1.46. The summed E-state index contributed by atoms with van der Waals surface area (Å²) in [6.07, 6.45) is 0.665. The topological polar surface area (TPSA) is 29.5 Å². The first-order chi connectivity index (χ1) is 5.15. The van der Waals surface area contributed by atoms with Gasteiger partial charge in [-0.15, -0.1) is 0 Å². The minimum atomic E-state index is -0.156. The molecule has 0 aliphatic carbocycles. The molecule has 62 valence electrons. The molecule has 0 saturated carbocycles. The van der Waals surface area contributed by atoms with Crippen LogP contribution in [0.2, 0.25) is 0 Å². The van der Waals surface area contributed by atoms with Gasteiger partial charge >= 0.3 is 5.97 Å². The molecule has 1 atom stereocenters. The number of ether oxygens (including phenoxy) is 1. The molecule has 0 bridgehead atoms. The van der Waals surface area contributed by atoms with Gasteiger partial charge in [-0.05, 0) is 0 Å². The number of likely N-dealkylation sites (tertiary alicyclic amines) is 1. The quantitative estimate of drug-likeness (QED) is 0.425. The van der Waals surface area contributed by atoms with E-state index in [2.05, 4.69) is 4.74 Å². The van der Waals surface area contributed by atoms with Crippen molar-refractivity contribution in [1.82, 2.24) is 4.90 Å². The van der Waals surface area contributed by atoms with E-state index in [1.807, 2.05) is 11.9 Å². The fraction of sp³-hybridized carbons (Fsp3) is 0.714. The zero-order valence-corrected chi connectivity index (χ0v) is 7.48. The molecule has 1 aliphatic heterocycles. The molecule has 0 aromatic heterocycles. The first-order valence-electron chi connectivity index (χ1n) is 3.47. The third kappa shape index (κ3) is 1.68. The number of hydrogen-bond acceptors (Lipinski definition) is 3. The lowest BCUT2D eigenvalue weighted by Gasteiger charge is -2.09. The smallest absolute Gasteiger partial charge is 0.310 e. The molecule has 1 rings (SSSR count). The molecular formula is C7H11NO2S. The summed E-state index contributed by atoms with van der Waals surface area (Å²) >= 11 is 5.00. The summed E-state index contributed by atoms with van der Waals surface area (Å²) < 4.78 is 4.61. The van der Waals surface area contributed by atoms with Gasteiger partial charge < -0.3 is 9.64 Å². The maximum Gasteiger partial charge on any atom is 0.310 e. The average Bonchev–Trinajstić information content (AvgIpc) is 2.31. The standard InChI is InChI=1S/C7H11NO2S/c1-8-4-5(3-6(8)11)7(9)10-2/h5H,3-4H2,1-2H3. The van der Waals surface area contributed by atoms with Crippen molar-refractivity contribution in [3.05, 3.63) is 0 Å². The maximum atomic E-state index is 11.0. The number of hydrogen-bond donors (Lipinski definition) is 0. The molecule has 0 aromatic rings. The Morgan fingerprint density at radius 1 is 1.82 bits per heavy atom. The van der Waals surface area contributed by atoms with Crippen molar-refractivity contribution < 1.29 is 9.53 Å². The molecular weight excluding hydrogens is 162 g/mol. The fourth-order valence-electron chi connectivity index (χ4n) is 1.19.